The Balaban J connectivity index is 2.05. The van der Waals surface area contributed by atoms with Gasteiger partial charge in [0.25, 0.3) is 0 Å². The summed E-state index contributed by atoms with van der Waals surface area (Å²) >= 11 is 0. The highest BCUT2D eigenvalue weighted by molar-refractivity contribution is 6.40. The van der Waals surface area contributed by atoms with Gasteiger partial charge in [-0.1, -0.05) is 33.6 Å². The zero-order valence-electron chi connectivity index (χ0n) is 16.8. The molecule has 9 nitrogen and oxygen atoms in total. The lowest BCUT2D eigenvalue weighted by Gasteiger charge is -2.25. The third-order valence-electron chi connectivity index (χ3n) is 4.62. The van der Waals surface area contributed by atoms with E-state index in [1.165, 1.54) is 12.4 Å². The number of unbranched alkanes of at least 4 members (excludes halogenated alkanes) is 1. The molecule has 2 aromatic heterocycles. The van der Waals surface area contributed by atoms with Gasteiger partial charge in [-0.2, -0.15) is 5.10 Å². The molecule has 154 valence electrons. The summed E-state index contributed by atoms with van der Waals surface area (Å²) in [5, 5.41) is 9.89. The van der Waals surface area contributed by atoms with Crippen LogP contribution in [-0.2, 0) is 14.3 Å². The van der Waals surface area contributed by atoms with E-state index in [1.54, 1.807) is 4.90 Å². The standard InChI is InChI=1S/C19H30N6O3/c1-4-6-8-28-9-7-25(12-13(3)5-2)19(27)18(26)23-15-11-21-17(20)14-10-22-24-16(14)15/h10-11,13H,4-9,12H2,1-3H3,(H2,20,21)(H,22,24)(H,23,26). The number of rotatable bonds is 10. The van der Waals surface area contributed by atoms with Crippen LogP contribution in [0.3, 0.4) is 0 Å². The number of nitrogens with one attached hydrogen (secondary N) is 2. The highest BCUT2D eigenvalue weighted by Crippen LogP contribution is 2.23. The summed E-state index contributed by atoms with van der Waals surface area (Å²) in [5.41, 5.74) is 6.69. The normalized spacial score (nSPS) is 12.1. The monoisotopic (exact) mass is 390 g/mol. The molecule has 4 N–H and O–H groups in total. The second-order valence-electron chi connectivity index (χ2n) is 6.90. The number of ether oxygens (including phenoxy) is 1. The first kappa shape index (κ1) is 21.6. The molecule has 1 atom stereocenters. The number of anilines is 2. The van der Waals surface area contributed by atoms with Gasteiger partial charge in [-0.3, -0.25) is 14.7 Å². The highest BCUT2D eigenvalue weighted by atomic mass is 16.5. The Morgan fingerprint density at radius 2 is 2.11 bits per heavy atom. The highest BCUT2D eigenvalue weighted by Gasteiger charge is 2.24. The number of fused-ring (bicyclic) bond motifs is 1. The van der Waals surface area contributed by atoms with Crippen molar-refractivity contribution < 1.29 is 14.3 Å². The first-order valence-corrected chi connectivity index (χ1v) is 9.73. The minimum Gasteiger partial charge on any atom is -0.383 e. The van der Waals surface area contributed by atoms with Crippen LogP contribution in [0.15, 0.2) is 12.4 Å². The Morgan fingerprint density at radius 3 is 2.82 bits per heavy atom. The molecule has 0 radical (unpaired) electrons. The fourth-order valence-corrected chi connectivity index (χ4v) is 2.67. The van der Waals surface area contributed by atoms with Gasteiger partial charge in [-0.05, 0) is 12.3 Å². The average Bonchev–Trinajstić information content (AvgIpc) is 3.19. The fraction of sp³-hybridized carbons (Fsp3) is 0.579. The molecule has 0 aliphatic carbocycles. The number of carbonyl (C=O) groups is 2. The van der Waals surface area contributed by atoms with Crippen LogP contribution in [0.2, 0.25) is 0 Å². The number of hydrogen-bond donors (Lipinski definition) is 3. The zero-order valence-corrected chi connectivity index (χ0v) is 16.8. The Kier molecular flexibility index (Phi) is 8.19. The van der Waals surface area contributed by atoms with Crippen molar-refractivity contribution >= 4 is 34.2 Å². The summed E-state index contributed by atoms with van der Waals surface area (Å²) in [6.07, 6.45) is 5.88. The van der Waals surface area contributed by atoms with Crippen molar-refractivity contribution in [3.63, 3.8) is 0 Å². The van der Waals surface area contributed by atoms with Gasteiger partial charge in [0.05, 0.1) is 35.6 Å². The SMILES string of the molecule is CCCCOCCN(CC(C)CC)C(=O)C(=O)Nc1cnc(N)c2cn[nH]c12. The molecule has 0 spiro atoms. The first-order valence-electron chi connectivity index (χ1n) is 9.73. The molecule has 0 fully saturated rings. The van der Waals surface area contributed by atoms with E-state index in [0.717, 1.165) is 19.3 Å². The first-order chi connectivity index (χ1) is 13.5. The Labute approximate surface area is 165 Å². The quantitative estimate of drug-likeness (QED) is 0.421. The van der Waals surface area contributed by atoms with Gasteiger partial charge >= 0.3 is 11.8 Å². The molecule has 0 aliphatic heterocycles. The summed E-state index contributed by atoms with van der Waals surface area (Å²) in [7, 11) is 0. The molecule has 0 aromatic carbocycles. The number of H-pyrrole nitrogens is 1. The molecule has 2 heterocycles. The number of nitrogen functional groups attached to an aromatic ring is 1. The molecule has 0 bridgehead atoms. The molecule has 0 saturated carbocycles. The topological polar surface area (TPSA) is 126 Å². The van der Waals surface area contributed by atoms with E-state index < -0.39 is 11.8 Å². The van der Waals surface area contributed by atoms with Gasteiger partial charge in [0.2, 0.25) is 0 Å². The second-order valence-corrected chi connectivity index (χ2v) is 6.90. The van der Waals surface area contributed by atoms with E-state index in [0.29, 0.717) is 48.7 Å². The van der Waals surface area contributed by atoms with Crippen molar-refractivity contribution in [2.24, 2.45) is 5.92 Å². The summed E-state index contributed by atoms with van der Waals surface area (Å²) < 4.78 is 5.57. The van der Waals surface area contributed by atoms with Crippen LogP contribution in [-0.4, -0.2) is 58.2 Å². The van der Waals surface area contributed by atoms with Crippen LogP contribution in [0.25, 0.3) is 10.9 Å². The Morgan fingerprint density at radius 1 is 1.32 bits per heavy atom. The zero-order chi connectivity index (χ0) is 20.5. The van der Waals surface area contributed by atoms with Crippen LogP contribution in [0.1, 0.15) is 40.0 Å². The van der Waals surface area contributed by atoms with Crippen molar-refractivity contribution in [3.8, 4) is 0 Å². The average molecular weight is 390 g/mol. The number of nitrogens with zero attached hydrogens (tertiary/aromatic N) is 3. The minimum atomic E-state index is -0.723. The predicted molar refractivity (Wildman–Crippen MR) is 109 cm³/mol. The van der Waals surface area contributed by atoms with Gasteiger partial charge in [-0.25, -0.2) is 4.98 Å². The number of amides is 2. The molecule has 0 saturated heterocycles. The van der Waals surface area contributed by atoms with Crippen molar-refractivity contribution in [2.75, 3.05) is 37.4 Å². The van der Waals surface area contributed by atoms with E-state index in [4.69, 9.17) is 10.5 Å². The van der Waals surface area contributed by atoms with E-state index in [2.05, 4.69) is 34.3 Å². The molecular formula is C19H30N6O3. The largest absolute Gasteiger partial charge is 0.383 e. The molecular weight excluding hydrogens is 360 g/mol. The predicted octanol–water partition coefficient (Wildman–Crippen LogP) is 2.17. The maximum Gasteiger partial charge on any atom is 0.314 e. The molecule has 9 heteroatoms. The fourth-order valence-electron chi connectivity index (χ4n) is 2.67. The van der Waals surface area contributed by atoms with E-state index in [-0.39, 0.29) is 5.92 Å². The smallest absolute Gasteiger partial charge is 0.314 e. The van der Waals surface area contributed by atoms with Crippen LogP contribution >= 0.6 is 0 Å². The lowest BCUT2D eigenvalue weighted by Crippen LogP contribution is -2.43. The van der Waals surface area contributed by atoms with Crippen LogP contribution in [0, 0.1) is 5.92 Å². The van der Waals surface area contributed by atoms with Crippen molar-refractivity contribution in [2.45, 2.75) is 40.0 Å². The molecule has 2 rings (SSSR count). The van der Waals surface area contributed by atoms with Gasteiger partial charge in [-0.15, -0.1) is 0 Å². The van der Waals surface area contributed by atoms with Crippen LogP contribution in [0.4, 0.5) is 11.5 Å². The molecule has 1 unspecified atom stereocenters. The maximum atomic E-state index is 12.7. The minimum absolute atomic E-state index is 0.282. The number of pyridine rings is 1. The Hall–Kier alpha value is -2.68. The van der Waals surface area contributed by atoms with Gasteiger partial charge < -0.3 is 20.7 Å². The number of aromatic amines is 1. The van der Waals surface area contributed by atoms with Gasteiger partial charge in [0.15, 0.2) is 0 Å². The molecule has 0 aliphatic rings. The number of hydrogen-bond acceptors (Lipinski definition) is 6. The van der Waals surface area contributed by atoms with Gasteiger partial charge in [0, 0.05) is 19.7 Å². The maximum absolute atomic E-state index is 12.7. The van der Waals surface area contributed by atoms with Crippen LogP contribution < -0.4 is 11.1 Å². The Bertz CT molecular complexity index is 791. The van der Waals surface area contributed by atoms with E-state index in [1.807, 2.05) is 6.92 Å². The van der Waals surface area contributed by atoms with Crippen molar-refractivity contribution in [1.82, 2.24) is 20.1 Å². The summed E-state index contributed by atoms with van der Waals surface area (Å²) in [4.78, 5) is 30.9. The van der Waals surface area contributed by atoms with Gasteiger partial charge in [0.1, 0.15) is 5.82 Å². The van der Waals surface area contributed by atoms with E-state index in [9.17, 15) is 9.59 Å². The number of aromatic nitrogens is 3. The van der Waals surface area contributed by atoms with Crippen molar-refractivity contribution in [3.05, 3.63) is 12.4 Å². The molecule has 2 amide bonds. The number of carbonyl (C=O) groups excluding carboxylic acids is 2. The lowest BCUT2D eigenvalue weighted by atomic mass is 10.1. The van der Waals surface area contributed by atoms with Crippen LogP contribution in [0.5, 0.6) is 0 Å². The molecule has 2 aromatic rings. The number of nitrogens with two attached hydrogens (primary N) is 1. The van der Waals surface area contributed by atoms with Crippen molar-refractivity contribution in [1.29, 1.82) is 0 Å². The summed E-state index contributed by atoms with van der Waals surface area (Å²) in [6.45, 7) is 8.13. The van der Waals surface area contributed by atoms with E-state index >= 15 is 0 Å². The summed E-state index contributed by atoms with van der Waals surface area (Å²) in [6, 6.07) is 0. The molecule has 28 heavy (non-hydrogen) atoms. The third kappa shape index (κ3) is 5.66. The third-order valence-corrected chi connectivity index (χ3v) is 4.62. The lowest BCUT2D eigenvalue weighted by molar-refractivity contribution is -0.144. The summed E-state index contributed by atoms with van der Waals surface area (Å²) in [5.74, 6) is -0.733. The second kappa shape index (κ2) is 10.6.